The normalized spacial score (nSPS) is 10.9. The van der Waals surface area contributed by atoms with Crippen molar-refractivity contribution >= 4 is 10.9 Å². The molecule has 0 radical (unpaired) electrons. The van der Waals surface area contributed by atoms with Crippen molar-refractivity contribution in [2.45, 2.75) is 6.61 Å². The van der Waals surface area contributed by atoms with Gasteiger partial charge < -0.3 is 9.67 Å². The maximum absolute atomic E-state index is 9.02. The molecule has 3 rings (SSSR count). The van der Waals surface area contributed by atoms with Gasteiger partial charge in [-0.05, 0) is 12.1 Å². The molecule has 84 valence electrons. The van der Waals surface area contributed by atoms with Gasteiger partial charge in [0, 0.05) is 17.8 Å². The van der Waals surface area contributed by atoms with Crippen LogP contribution in [0, 0.1) is 0 Å². The molecule has 0 bridgehead atoms. The van der Waals surface area contributed by atoms with E-state index in [2.05, 4.69) is 9.97 Å². The van der Waals surface area contributed by atoms with Crippen LogP contribution in [0.15, 0.2) is 49.1 Å². The molecule has 0 aliphatic heterocycles. The maximum atomic E-state index is 9.02. The first-order chi connectivity index (χ1) is 8.38. The monoisotopic (exact) mass is 225 g/mol. The number of nitrogens with zero attached hydrogens (tertiary/aromatic N) is 3. The summed E-state index contributed by atoms with van der Waals surface area (Å²) in [6.45, 7) is -0.0504. The lowest BCUT2D eigenvalue weighted by molar-refractivity contribution is 0.277. The smallest absolute Gasteiger partial charge is 0.0996 e. The third-order valence-corrected chi connectivity index (χ3v) is 2.69. The van der Waals surface area contributed by atoms with Gasteiger partial charge in [0.2, 0.25) is 0 Å². The molecule has 4 heteroatoms. The highest BCUT2D eigenvalue weighted by Crippen LogP contribution is 2.19. The third-order valence-electron chi connectivity index (χ3n) is 2.69. The average Bonchev–Trinajstić information content (AvgIpc) is 2.87. The van der Waals surface area contributed by atoms with Crippen molar-refractivity contribution in [3.8, 4) is 5.69 Å². The first kappa shape index (κ1) is 9.99. The number of aliphatic hydroxyl groups is 1. The van der Waals surface area contributed by atoms with E-state index < -0.39 is 0 Å². The zero-order chi connectivity index (χ0) is 11.7. The number of fused-ring (bicyclic) bond motifs is 1. The first-order valence-electron chi connectivity index (χ1n) is 5.36. The van der Waals surface area contributed by atoms with E-state index in [1.54, 1.807) is 12.5 Å². The molecule has 0 atom stereocenters. The average molecular weight is 225 g/mol. The van der Waals surface area contributed by atoms with Gasteiger partial charge in [0.15, 0.2) is 0 Å². The van der Waals surface area contributed by atoms with Crippen LogP contribution in [-0.4, -0.2) is 19.6 Å². The van der Waals surface area contributed by atoms with Crippen molar-refractivity contribution in [3.05, 3.63) is 54.7 Å². The predicted molar refractivity (Wildman–Crippen MR) is 64.8 cm³/mol. The second-order valence-corrected chi connectivity index (χ2v) is 3.78. The number of imidazole rings is 1. The Kier molecular flexibility index (Phi) is 2.34. The van der Waals surface area contributed by atoms with Crippen molar-refractivity contribution < 1.29 is 5.11 Å². The van der Waals surface area contributed by atoms with Gasteiger partial charge in [-0.2, -0.15) is 0 Å². The fourth-order valence-electron chi connectivity index (χ4n) is 1.87. The molecule has 3 aromatic rings. The van der Waals surface area contributed by atoms with Crippen LogP contribution in [0.2, 0.25) is 0 Å². The predicted octanol–water partition coefficient (Wildman–Crippen LogP) is 1.91. The van der Waals surface area contributed by atoms with Gasteiger partial charge in [-0.3, -0.25) is 4.98 Å². The minimum absolute atomic E-state index is 0.0504. The van der Waals surface area contributed by atoms with Crippen LogP contribution in [0.1, 0.15) is 5.69 Å². The van der Waals surface area contributed by atoms with E-state index in [0.29, 0.717) is 5.69 Å². The Morgan fingerprint density at radius 1 is 1.12 bits per heavy atom. The molecule has 1 aromatic carbocycles. The van der Waals surface area contributed by atoms with Gasteiger partial charge in [-0.25, -0.2) is 4.98 Å². The van der Waals surface area contributed by atoms with E-state index in [1.807, 2.05) is 41.1 Å². The molecular formula is C13H11N3O. The number of hydrogen-bond donors (Lipinski definition) is 1. The highest BCUT2D eigenvalue weighted by atomic mass is 16.3. The Hall–Kier alpha value is -2.20. The summed E-state index contributed by atoms with van der Waals surface area (Å²) in [5.74, 6) is 0. The van der Waals surface area contributed by atoms with Crippen molar-refractivity contribution in [3.63, 3.8) is 0 Å². The maximum Gasteiger partial charge on any atom is 0.0996 e. The van der Waals surface area contributed by atoms with Crippen LogP contribution in [0.5, 0.6) is 0 Å². The summed E-state index contributed by atoms with van der Waals surface area (Å²) in [6, 6.07) is 9.93. The molecule has 0 saturated carbocycles. The van der Waals surface area contributed by atoms with Crippen LogP contribution in [0.3, 0.4) is 0 Å². The highest BCUT2D eigenvalue weighted by molar-refractivity contribution is 5.86. The lowest BCUT2D eigenvalue weighted by Gasteiger charge is -2.05. The third kappa shape index (κ3) is 1.68. The second-order valence-electron chi connectivity index (χ2n) is 3.78. The number of hydrogen-bond acceptors (Lipinski definition) is 3. The van der Waals surface area contributed by atoms with Crippen LogP contribution < -0.4 is 0 Å². The highest BCUT2D eigenvalue weighted by Gasteiger charge is 2.04. The molecule has 0 aliphatic rings. The molecule has 0 amide bonds. The molecule has 0 unspecified atom stereocenters. The molecule has 0 fully saturated rings. The van der Waals surface area contributed by atoms with Gasteiger partial charge in [0.1, 0.15) is 0 Å². The SMILES string of the molecule is OCc1cn(-c2cccc3cccnc23)cn1. The van der Waals surface area contributed by atoms with Crippen LogP contribution >= 0.6 is 0 Å². The number of pyridine rings is 1. The van der Waals surface area contributed by atoms with E-state index in [9.17, 15) is 0 Å². The van der Waals surface area contributed by atoms with E-state index in [4.69, 9.17) is 5.11 Å². The summed E-state index contributed by atoms with van der Waals surface area (Å²) in [5.41, 5.74) is 2.55. The van der Waals surface area contributed by atoms with Crippen LogP contribution in [0.25, 0.3) is 16.6 Å². The topological polar surface area (TPSA) is 50.9 Å². The fourth-order valence-corrected chi connectivity index (χ4v) is 1.87. The summed E-state index contributed by atoms with van der Waals surface area (Å²) < 4.78 is 1.88. The molecule has 1 N–H and O–H groups in total. The van der Waals surface area contributed by atoms with E-state index in [1.165, 1.54) is 0 Å². The van der Waals surface area contributed by atoms with E-state index in [-0.39, 0.29) is 6.61 Å². The molecule has 0 aliphatic carbocycles. The summed E-state index contributed by atoms with van der Waals surface area (Å²) >= 11 is 0. The standard InChI is InChI=1S/C13H11N3O/c17-8-11-7-16(9-15-11)12-5-1-3-10-4-2-6-14-13(10)12/h1-7,9,17H,8H2. The minimum atomic E-state index is -0.0504. The van der Waals surface area contributed by atoms with Gasteiger partial charge >= 0.3 is 0 Å². The molecular weight excluding hydrogens is 214 g/mol. The van der Waals surface area contributed by atoms with Crippen LogP contribution in [-0.2, 0) is 6.61 Å². The van der Waals surface area contributed by atoms with Gasteiger partial charge in [-0.15, -0.1) is 0 Å². The van der Waals surface area contributed by atoms with Gasteiger partial charge in [0.25, 0.3) is 0 Å². The number of aromatic nitrogens is 3. The summed E-state index contributed by atoms with van der Waals surface area (Å²) in [6.07, 6.45) is 5.27. The van der Waals surface area contributed by atoms with Gasteiger partial charge in [0.05, 0.1) is 29.8 Å². The Balaban J connectivity index is 2.23. The van der Waals surface area contributed by atoms with E-state index >= 15 is 0 Å². The fraction of sp³-hybridized carbons (Fsp3) is 0.0769. The second kappa shape index (κ2) is 3.99. The summed E-state index contributed by atoms with van der Waals surface area (Å²) in [5, 5.41) is 10.1. The van der Waals surface area contributed by atoms with E-state index in [0.717, 1.165) is 16.6 Å². The number of benzene rings is 1. The van der Waals surface area contributed by atoms with Crippen molar-refractivity contribution in [2.24, 2.45) is 0 Å². The summed E-state index contributed by atoms with van der Waals surface area (Å²) in [7, 11) is 0. The molecule has 2 heterocycles. The molecule has 0 spiro atoms. The quantitative estimate of drug-likeness (QED) is 0.724. The zero-order valence-electron chi connectivity index (χ0n) is 9.11. The number of rotatable bonds is 2. The molecule has 0 saturated heterocycles. The molecule has 2 aromatic heterocycles. The lowest BCUT2D eigenvalue weighted by Crippen LogP contribution is -1.93. The molecule has 17 heavy (non-hydrogen) atoms. The Morgan fingerprint density at radius 3 is 2.82 bits per heavy atom. The van der Waals surface area contributed by atoms with Crippen LogP contribution in [0.4, 0.5) is 0 Å². The zero-order valence-corrected chi connectivity index (χ0v) is 9.11. The summed E-state index contributed by atoms with van der Waals surface area (Å²) in [4.78, 5) is 8.48. The van der Waals surface area contributed by atoms with Crippen molar-refractivity contribution in [1.29, 1.82) is 0 Å². The van der Waals surface area contributed by atoms with Crippen molar-refractivity contribution in [1.82, 2.24) is 14.5 Å². The number of aliphatic hydroxyl groups excluding tert-OH is 1. The molecule has 4 nitrogen and oxygen atoms in total. The first-order valence-corrected chi connectivity index (χ1v) is 5.36. The van der Waals surface area contributed by atoms with Gasteiger partial charge in [-0.1, -0.05) is 18.2 Å². The number of para-hydroxylation sites is 1. The minimum Gasteiger partial charge on any atom is -0.390 e. The Labute approximate surface area is 98.2 Å². The van der Waals surface area contributed by atoms with Crippen molar-refractivity contribution in [2.75, 3.05) is 0 Å². The largest absolute Gasteiger partial charge is 0.390 e. The lowest BCUT2D eigenvalue weighted by atomic mass is 10.2. The Morgan fingerprint density at radius 2 is 2.00 bits per heavy atom. The Bertz CT molecular complexity index is 655.